The lowest BCUT2D eigenvalue weighted by atomic mass is 9.78. The van der Waals surface area contributed by atoms with Gasteiger partial charge in [0.05, 0.1) is 13.2 Å². The van der Waals surface area contributed by atoms with Crippen LogP contribution in [0, 0.1) is 18.8 Å². The molecule has 0 N–H and O–H groups in total. The van der Waals surface area contributed by atoms with Crippen LogP contribution in [0.25, 0.3) is 0 Å². The van der Waals surface area contributed by atoms with Gasteiger partial charge in [-0.25, -0.2) is 4.98 Å². The number of rotatable bonds is 4. The third-order valence-corrected chi connectivity index (χ3v) is 5.11. The van der Waals surface area contributed by atoms with Crippen molar-refractivity contribution in [1.29, 1.82) is 0 Å². The van der Waals surface area contributed by atoms with Gasteiger partial charge >= 0.3 is 5.97 Å². The zero-order valence-electron chi connectivity index (χ0n) is 17.1. The molecule has 2 aromatic rings. The minimum Gasteiger partial charge on any atom is -0.493 e. The lowest BCUT2D eigenvalue weighted by molar-refractivity contribution is -0.143. The van der Waals surface area contributed by atoms with Crippen molar-refractivity contribution in [3.63, 3.8) is 0 Å². The van der Waals surface area contributed by atoms with E-state index in [0.717, 1.165) is 35.5 Å². The molecule has 0 spiro atoms. The van der Waals surface area contributed by atoms with Crippen LogP contribution < -0.4 is 4.74 Å². The third-order valence-electron chi connectivity index (χ3n) is 5.11. The predicted octanol–water partition coefficient (Wildman–Crippen LogP) is 4.35. The smallest absolute Gasteiger partial charge is 0.306 e. The van der Waals surface area contributed by atoms with Crippen LogP contribution in [0.4, 0.5) is 0 Å². The second kappa shape index (κ2) is 8.48. The van der Waals surface area contributed by atoms with Crippen LogP contribution >= 0.6 is 0 Å². The molecule has 0 fully saturated rings. The van der Waals surface area contributed by atoms with Gasteiger partial charge in [0.2, 0.25) is 0 Å². The standard InChI is InChI=1S/C24H27NO3/c1-5-27-23(26)11-7-18-6-9-20(25-16-18)10-8-19-15-21-22(14-17(19)2)28-13-12-24(21,3)4/h6,9,14-16H,5,7,11-13H2,1-4H3. The number of aryl methyl sites for hydroxylation is 2. The van der Waals surface area contributed by atoms with Crippen molar-refractivity contribution >= 4 is 5.97 Å². The molecule has 0 unspecified atom stereocenters. The summed E-state index contributed by atoms with van der Waals surface area (Å²) in [5.74, 6) is 7.21. The number of carbonyl (C=O) groups excluding carboxylic acids is 1. The molecule has 2 heterocycles. The van der Waals surface area contributed by atoms with Gasteiger partial charge < -0.3 is 9.47 Å². The summed E-state index contributed by atoms with van der Waals surface area (Å²) in [6, 6.07) is 8.11. The fourth-order valence-corrected chi connectivity index (χ4v) is 3.27. The Balaban J connectivity index is 1.74. The summed E-state index contributed by atoms with van der Waals surface area (Å²) in [7, 11) is 0. The fraction of sp³-hybridized carbons (Fsp3) is 0.417. The molecule has 3 rings (SSSR count). The lowest BCUT2D eigenvalue weighted by Crippen LogP contribution is -2.26. The van der Waals surface area contributed by atoms with Crippen LogP contribution in [0.15, 0.2) is 30.5 Å². The first kappa shape index (κ1) is 19.9. The molecule has 0 aliphatic carbocycles. The molecule has 1 aliphatic heterocycles. The second-order valence-corrected chi connectivity index (χ2v) is 7.75. The second-order valence-electron chi connectivity index (χ2n) is 7.75. The molecule has 1 aromatic heterocycles. The molecule has 0 atom stereocenters. The Hall–Kier alpha value is -2.80. The highest BCUT2D eigenvalue weighted by Crippen LogP contribution is 2.39. The average molecular weight is 377 g/mol. The Morgan fingerprint density at radius 1 is 1.29 bits per heavy atom. The Kier molecular flexibility index (Phi) is 6.04. The highest BCUT2D eigenvalue weighted by molar-refractivity contribution is 5.69. The van der Waals surface area contributed by atoms with Crippen molar-refractivity contribution in [3.05, 3.63) is 58.4 Å². The van der Waals surface area contributed by atoms with Crippen molar-refractivity contribution in [1.82, 2.24) is 4.98 Å². The molecule has 1 aliphatic rings. The van der Waals surface area contributed by atoms with E-state index in [0.29, 0.717) is 25.1 Å². The van der Waals surface area contributed by atoms with Crippen molar-refractivity contribution in [2.24, 2.45) is 0 Å². The number of hydrogen-bond acceptors (Lipinski definition) is 4. The van der Waals surface area contributed by atoms with Crippen LogP contribution in [0.2, 0.25) is 0 Å². The normalized spacial score (nSPS) is 14.3. The first-order valence-electron chi connectivity index (χ1n) is 9.79. The summed E-state index contributed by atoms with van der Waals surface area (Å²) in [4.78, 5) is 15.9. The number of carbonyl (C=O) groups is 1. The van der Waals surface area contributed by atoms with Gasteiger partial charge in [0.25, 0.3) is 0 Å². The van der Waals surface area contributed by atoms with Crippen LogP contribution in [0.3, 0.4) is 0 Å². The van der Waals surface area contributed by atoms with E-state index in [4.69, 9.17) is 9.47 Å². The zero-order chi connectivity index (χ0) is 20.1. The van der Waals surface area contributed by atoms with Gasteiger partial charge in [-0.05, 0) is 67.4 Å². The molecule has 0 bridgehead atoms. The van der Waals surface area contributed by atoms with E-state index in [-0.39, 0.29) is 11.4 Å². The van der Waals surface area contributed by atoms with Crippen LogP contribution in [-0.2, 0) is 21.4 Å². The summed E-state index contributed by atoms with van der Waals surface area (Å²) in [5, 5.41) is 0. The molecule has 4 heteroatoms. The van der Waals surface area contributed by atoms with Crippen molar-refractivity contribution in [2.45, 2.75) is 52.4 Å². The molecule has 0 amide bonds. The minimum absolute atomic E-state index is 0.0938. The summed E-state index contributed by atoms with van der Waals surface area (Å²) in [6.45, 7) is 9.54. The van der Waals surface area contributed by atoms with Gasteiger partial charge in [0.1, 0.15) is 11.4 Å². The van der Waals surface area contributed by atoms with Gasteiger partial charge in [-0.15, -0.1) is 0 Å². The van der Waals surface area contributed by atoms with Gasteiger partial charge in [-0.1, -0.05) is 25.8 Å². The highest BCUT2D eigenvalue weighted by atomic mass is 16.5. The Morgan fingerprint density at radius 2 is 2.11 bits per heavy atom. The predicted molar refractivity (Wildman–Crippen MR) is 109 cm³/mol. The number of hydrogen-bond donors (Lipinski definition) is 0. The summed E-state index contributed by atoms with van der Waals surface area (Å²) < 4.78 is 10.8. The summed E-state index contributed by atoms with van der Waals surface area (Å²) in [6.07, 6.45) is 3.77. The largest absolute Gasteiger partial charge is 0.493 e. The number of pyridine rings is 1. The molecule has 1 aromatic carbocycles. The Morgan fingerprint density at radius 3 is 2.82 bits per heavy atom. The molecule has 28 heavy (non-hydrogen) atoms. The molecular weight excluding hydrogens is 350 g/mol. The summed E-state index contributed by atoms with van der Waals surface area (Å²) >= 11 is 0. The highest BCUT2D eigenvalue weighted by Gasteiger charge is 2.29. The number of benzene rings is 1. The van der Waals surface area contributed by atoms with E-state index in [1.807, 2.05) is 19.1 Å². The minimum atomic E-state index is -0.179. The molecule has 0 radical (unpaired) electrons. The molecule has 0 saturated carbocycles. The number of fused-ring (bicyclic) bond motifs is 1. The average Bonchev–Trinajstić information content (AvgIpc) is 2.66. The van der Waals surface area contributed by atoms with E-state index in [1.165, 1.54) is 5.56 Å². The number of ether oxygens (including phenoxy) is 2. The maximum absolute atomic E-state index is 11.4. The molecule has 0 saturated heterocycles. The van der Waals surface area contributed by atoms with Gasteiger partial charge in [-0.2, -0.15) is 0 Å². The lowest BCUT2D eigenvalue weighted by Gasteiger charge is -2.33. The molecule has 146 valence electrons. The van der Waals surface area contributed by atoms with Gasteiger partial charge in [0.15, 0.2) is 0 Å². The SMILES string of the molecule is CCOC(=O)CCc1ccc(C#Cc2cc3c(cc2C)OCCC3(C)C)nc1. The fourth-order valence-electron chi connectivity index (χ4n) is 3.27. The van der Waals surface area contributed by atoms with Crippen molar-refractivity contribution in [3.8, 4) is 17.6 Å². The van der Waals surface area contributed by atoms with Crippen molar-refractivity contribution in [2.75, 3.05) is 13.2 Å². The van der Waals surface area contributed by atoms with Crippen LogP contribution in [-0.4, -0.2) is 24.2 Å². The van der Waals surface area contributed by atoms with E-state index in [2.05, 4.69) is 49.7 Å². The topological polar surface area (TPSA) is 48.4 Å². The number of esters is 1. The Bertz CT molecular complexity index is 917. The first-order valence-corrected chi connectivity index (χ1v) is 9.79. The third kappa shape index (κ3) is 4.72. The van der Waals surface area contributed by atoms with Crippen molar-refractivity contribution < 1.29 is 14.3 Å². The first-order chi connectivity index (χ1) is 13.4. The van der Waals surface area contributed by atoms with E-state index < -0.39 is 0 Å². The molecular formula is C24H27NO3. The maximum atomic E-state index is 11.4. The summed E-state index contributed by atoms with van der Waals surface area (Å²) in [5.41, 5.74) is 5.14. The number of nitrogens with zero attached hydrogens (tertiary/aromatic N) is 1. The van der Waals surface area contributed by atoms with Gasteiger partial charge in [-0.3, -0.25) is 4.79 Å². The quantitative estimate of drug-likeness (QED) is 0.587. The van der Waals surface area contributed by atoms with Gasteiger partial charge in [0, 0.05) is 23.7 Å². The zero-order valence-corrected chi connectivity index (χ0v) is 17.1. The van der Waals surface area contributed by atoms with E-state index in [9.17, 15) is 4.79 Å². The van der Waals surface area contributed by atoms with Crippen LogP contribution in [0.5, 0.6) is 5.75 Å². The van der Waals surface area contributed by atoms with E-state index >= 15 is 0 Å². The monoisotopic (exact) mass is 377 g/mol. The van der Waals surface area contributed by atoms with Crippen LogP contribution in [0.1, 0.15) is 61.6 Å². The van der Waals surface area contributed by atoms with E-state index in [1.54, 1.807) is 6.20 Å². The maximum Gasteiger partial charge on any atom is 0.306 e. The number of aromatic nitrogens is 1. The molecule has 4 nitrogen and oxygen atoms in total. The Labute approximate surface area is 167 Å².